The molecule has 0 amide bonds. The lowest BCUT2D eigenvalue weighted by Gasteiger charge is -2.14. The lowest BCUT2D eigenvalue weighted by Crippen LogP contribution is -2.28. The Hall–Kier alpha value is -3.18. The van der Waals surface area contributed by atoms with Crippen molar-refractivity contribution < 1.29 is 40.1 Å². The number of hydrogen-bond acceptors (Lipinski definition) is 6. The van der Waals surface area contributed by atoms with Crippen LogP contribution in [0.1, 0.15) is 26.3 Å². The van der Waals surface area contributed by atoms with Gasteiger partial charge in [0.1, 0.15) is 0 Å². The van der Waals surface area contributed by atoms with Gasteiger partial charge in [0.25, 0.3) is 0 Å². The number of benzene rings is 3. The van der Waals surface area contributed by atoms with Crippen LogP contribution in [0.15, 0.2) is 71.2 Å². The SMILES string of the molecule is COC(=O)c1cc(C(=O)c2ccccc2OS(=O)(=O)C(F)(F)F)ccc1-c1ccccc1Br. The third-order valence-corrected chi connectivity index (χ3v) is 6.12. The molecule has 0 saturated heterocycles. The number of para-hydroxylation sites is 1. The molecule has 0 atom stereocenters. The highest BCUT2D eigenvalue weighted by Gasteiger charge is 2.49. The number of halogens is 4. The van der Waals surface area contributed by atoms with E-state index in [1.54, 1.807) is 24.3 Å². The van der Waals surface area contributed by atoms with Crippen LogP contribution >= 0.6 is 15.9 Å². The van der Waals surface area contributed by atoms with E-state index in [0.29, 0.717) is 15.6 Å². The maximum absolute atomic E-state index is 13.1. The molecule has 0 aromatic heterocycles. The minimum absolute atomic E-state index is 0.0246. The number of hydrogen-bond donors (Lipinski definition) is 0. The fourth-order valence-electron chi connectivity index (χ4n) is 2.93. The van der Waals surface area contributed by atoms with Crippen molar-refractivity contribution in [1.82, 2.24) is 0 Å². The molecular formula is C22H14BrF3O6S. The lowest BCUT2D eigenvalue weighted by molar-refractivity contribution is -0.0500. The molecule has 3 aromatic carbocycles. The normalized spacial score (nSPS) is 11.7. The van der Waals surface area contributed by atoms with Crippen molar-refractivity contribution in [3.05, 3.63) is 87.9 Å². The van der Waals surface area contributed by atoms with E-state index in [2.05, 4.69) is 20.1 Å². The second kappa shape index (κ2) is 9.36. The van der Waals surface area contributed by atoms with Crippen LogP contribution < -0.4 is 4.18 Å². The Bertz CT molecular complexity index is 1340. The van der Waals surface area contributed by atoms with Crippen molar-refractivity contribution >= 4 is 37.8 Å². The fourth-order valence-corrected chi connectivity index (χ4v) is 3.90. The molecule has 0 bridgehead atoms. The van der Waals surface area contributed by atoms with E-state index < -0.39 is 38.7 Å². The van der Waals surface area contributed by atoms with Crippen LogP contribution in [0.3, 0.4) is 0 Å². The number of carbonyl (C=O) groups is 2. The van der Waals surface area contributed by atoms with Gasteiger partial charge in [-0.25, -0.2) is 4.79 Å². The minimum atomic E-state index is -5.99. The van der Waals surface area contributed by atoms with Crippen molar-refractivity contribution in [3.63, 3.8) is 0 Å². The molecule has 33 heavy (non-hydrogen) atoms. The molecule has 0 unspecified atom stereocenters. The summed E-state index contributed by atoms with van der Waals surface area (Å²) in [5, 5.41) is 0. The predicted molar refractivity (Wildman–Crippen MR) is 116 cm³/mol. The molecule has 0 N–H and O–H groups in total. The highest BCUT2D eigenvalue weighted by Crippen LogP contribution is 2.34. The fraction of sp³-hybridized carbons (Fsp3) is 0.0909. The molecule has 0 aliphatic heterocycles. The average Bonchev–Trinajstić information content (AvgIpc) is 2.77. The predicted octanol–water partition coefficient (Wildman–Crippen LogP) is 5.36. The first-order valence-corrected chi connectivity index (χ1v) is 11.3. The van der Waals surface area contributed by atoms with Crippen LogP contribution in [0.2, 0.25) is 0 Å². The molecule has 0 spiro atoms. The third kappa shape index (κ3) is 5.09. The van der Waals surface area contributed by atoms with Gasteiger partial charge in [0, 0.05) is 10.0 Å². The number of ether oxygens (including phenoxy) is 1. The molecule has 11 heteroatoms. The van der Waals surface area contributed by atoms with E-state index in [4.69, 9.17) is 4.74 Å². The standard InChI is InChI=1S/C22H14BrF3O6S/c1-31-21(28)17-12-13(10-11-14(17)15-6-2-4-8-18(15)23)20(27)16-7-3-5-9-19(16)32-33(29,30)22(24,25)26/h2-12H,1H3. The molecule has 0 heterocycles. The van der Waals surface area contributed by atoms with Gasteiger partial charge in [-0.15, -0.1) is 0 Å². The molecule has 3 rings (SSSR count). The summed E-state index contributed by atoms with van der Waals surface area (Å²) in [6.07, 6.45) is 0. The van der Waals surface area contributed by atoms with E-state index in [1.165, 1.54) is 30.3 Å². The Labute approximate surface area is 195 Å². The second-order valence-corrected chi connectivity index (χ2v) is 8.93. The molecule has 3 aromatic rings. The van der Waals surface area contributed by atoms with Gasteiger partial charge >= 0.3 is 21.6 Å². The summed E-state index contributed by atoms with van der Waals surface area (Å²) < 4.78 is 70.7. The number of carbonyl (C=O) groups excluding carboxylic acids is 2. The van der Waals surface area contributed by atoms with E-state index in [9.17, 15) is 31.2 Å². The smallest absolute Gasteiger partial charge is 0.465 e. The molecular weight excluding hydrogens is 529 g/mol. The van der Waals surface area contributed by atoms with Crippen LogP contribution in [0.5, 0.6) is 5.75 Å². The minimum Gasteiger partial charge on any atom is -0.465 e. The summed E-state index contributed by atoms with van der Waals surface area (Å²) in [6.45, 7) is 0. The maximum atomic E-state index is 13.1. The number of rotatable bonds is 6. The highest BCUT2D eigenvalue weighted by atomic mass is 79.9. The second-order valence-electron chi connectivity index (χ2n) is 6.54. The first-order valence-electron chi connectivity index (χ1n) is 9.08. The number of esters is 1. The summed E-state index contributed by atoms with van der Waals surface area (Å²) in [6, 6.07) is 15.7. The first-order chi connectivity index (χ1) is 15.5. The Morgan fingerprint density at radius 2 is 1.52 bits per heavy atom. The summed E-state index contributed by atoms with van der Waals surface area (Å²) >= 11 is 3.39. The summed E-state index contributed by atoms with van der Waals surface area (Å²) in [4.78, 5) is 25.5. The molecule has 0 saturated carbocycles. The van der Waals surface area contributed by atoms with Crippen molar-refractivity contribution in [3.8, 4) is 16.9 Å². The van der Waals surface area contributed by atoms with Crippen LogP contribution in [-0.2, 0) is 14.9 Å². The zero-order chi connectivity index (χ0) is 24.4. The summed E-state index contributed by atoms with van der Waals surface area (Å²) in [5.74, 6) is -2.40. The van der Waals surface area contributed by atoms with Gasteiger partial charge in [0.05, 0.1) is 18.2 Å². The topological polar surface area (TPSA) is 86.7 Å². The largest absolute Gasteiger partial charge is 0.534 e. The van der Waals surface area contributed by atoms with Gasteiger partial charge in [-0.1, -0.05) is 58.4 Å². The van der Waals surface area contributed by atoms with Crippen LogP contribution in [0, 0.1) is 0 Å². The number of alkyl halides is 3. The van der Waals surface area contributed by atoms with E-state index in [0.717, 1.165) is 19.2 Å². The van der Waals surface area contributed by atoms with Gasteiger partial charge in [0.2, 0.25) is 0 Å². The van der Waals surface area contributed by atoms with Gasteiger partial charge in [-0.05, 0) is 35.4 Å². The van der Waals surface area contributed by atoms with Gasteiger partial charge in [0.15, 0.2) is 11.5 Å². The average molecular weight is 543 g/mol. The van der Waals surface area contributed by atoms with Gasteiger partial charge < -0.3 is 8.92 Å². The molecule has 172 valence electrons. The quantitative estimate of drug-likeness (QED) is 0.180. The molecule has 0 radical (unpaired) electrons. The van der Waals surface area contributed by atoms with Gasteiger partial charge in [-0.3, -0.25) is 4.79 Å². The van der Waals surface area contributed by atoms with Crippen LogP contribution in [0.25, 0.3) is 11.1 Å². The molecule has 0 aliphatic carbocycles. The van der Waals surface area contributed by atoms with Crippen molar-refractivity contribution in [1.29, 1.82) is 0 Å². The van der Waals surface area contributed by atoms with E-state index >= 15 is 0 Å². The number of methoxy groups -OCH3 is 1. The van der Waals surface area contributed by atoms with E-state index in [-0.39, 0.29) is 11.1 Å². The summed E-state index contributed by atoms with van der Waals surface area (Å²) in [7, 11) is -4.84. The van der Waals surface area contributed by atoms with Crippen molar-refractivity contribution in [2.24, 2.45) is 0 Å². The maximum Gasteiger partial charge on any atom is 0.534 e. The Kier molecular flexibility index (Phi) is 6.94. The van der Waals surface area contributed by atoms with Crippen LogP contribution in [0.4, 0.5) is 13.2 Å². The Morgan fingerprint density at radius 1 is 0.879 bits per heavy atom. The van der Waals surface area contributed by atoms with Crippen molar-refractivity contribution in [2.75, 3.05) is 7.11 Å². The molecule has 0 fully saturated rings. The Balaban J connectivity index is 2.10. The Morgan fingerprint density at radius 3 is 2.15 bits per heavy atom. The molecule has 6 nitrogen and oxygen atoms in total. The first kappa shape index (κ1) is 24.5. The highest BCUT2D eigenvalue weighted by molar-refractivity contribution is 9.10. The summed E-state index contributed by atoms with van der Waals surface area (Å²) in [5.41, 5.74) is -5.10. The lowest BCUT2D eigenvalue weighted by atomic mass is 9.94. The van der Waals surface area contributed by atoms with E-state index in [1.807, 2.05) is 0 Å². The van der Waals surface area contributed by atoms with Crippen molar-refractivity contribution in [2.45, 2.75) is 5.51 Å². The zero-order valence-corrected chi connectivity index (χ0v) is 19.1. The zero-order valence-electron chi connectivity index (χ0n) is 16.7. The third-order valence-electron chi connectivity index (χ3n) is 4.47. The van der Waals surface area contributed by atoms with Gasteiger partial charge in [-0.2, -0.15) is 21.6 Å². The van der Waals surface area contributed by atoms with Crippen LogP contribution in [-0.4, -0.2) is 32.8 Å². The number of ketones is 1. The molecule has 0 aliphatic rings. The monoisotopic (exact) mass is 542 g/mol.